The molecule has 2 rings (SSSR count). The van der Waals surface area contributed by atoms with E-state index >= 15 is 0 Å². The van der Waals surface area contributed by atoms with E-state index in [1.165, 1.54) is 32.1 Å². The highest BCUT2D eigenvalue weighted by molar-refractivity contribution is 6.32. The van der Waals surface area contributed by atoms with Crippen LogP contribution < -0.4 is 5.73 Å². The van der Waals surface area contributed by atoms with Gasteiger partial charge in [0.1, 0.15) is 0 Å². The summed E-state index contributed by atoms with van der Waals surface area (Å²) in [6.07, 6.45) is 7.92. The first kappa shape index (κ1) is 12.9. The van der Waals surface area contributed by atoms with Crippen molar-refractivity contribution in [3.8, 4) is 0 Å². The minimum absolute atomic E-state index is 0.102. The van der Waals surface area contributed by atoms with E-state index in [-0.39, 0.29) is 6.04 Å². The highest BCUT2D eigenvalue weighted by Gasteiger charge is 2.19. The van der Waals surface area contributed by atoms with Crippen molar-refractivity contribution in [1.82, 2.24) is 0 Å². The molecule has 2 N–H and O–H groups in total. The fourth-order valence-electron chi connectivity index (χ4n) is 2.87. The lowest BCUT2D eigenvalue weighted by molar-refractivity contribution is 0.319. The summed E-state index contributed by atoms with van der Waals surface area (Å²) in [5.74, 6) is 0.801. The molecule has 1 aromatic rings. The van der Waals surface area contributed by atoms with Gasteiger partial charge in [0.15, 0.2) is 0 Å². The number of halogens is 1. The zero-order valence-corrected chi connectivity index (χ0v) is 11.3. The highest BCUT2D eigenvalue weighted by Crippen LogP contribution is 2.33. The molecule has 17 heavy (non-hydrogen) atoms. The molecule has 1 saturated carbocycles. The van der Waals surface area contributed by atoms with Crippen LogP contribution >= 0.6 is 11.6 Å². The van der Waals surface area contributed by atoms with E-state index in [1.54, 1.807) is 0 Å². The lowest BCUT2D eigenvalue weighted by atomic mass is 9.83. The molecule has 0 bridgehead atoms. The SMILES string of the molecule is Cc1cccc(C(N)CC2CCCCC2)c1Cl. The van der Waals surface area contributed by atoms with Crippen molar-refractivity contribution in [2.24, 2.45) is 11.7 Å². The van der Waals surface area contributed by atoms with Crippen molar-refractivity contribution >= 4 is 11.6 Å². The van der Waals surface area contributed by atoms with Crippen LogP contribution in [0.3, 0.4) is 0 Å². The van der Waals surface area contributed by atoms with E-state index in [2.05, 4.69) is 12.1 Å². The minimum atomic E-state index is 0.102. The first-order chi connectivity index (χ1) is 8.18. The Kier molecular flexibility index (Phi) is 4.47. The third kappa shape index (κ3) is 3.23. The average molecular weight is 252 g/mol. The fraction of sp³-hybridized carbons (Fsp3) is 0.600. The summed E-state index contributed by atoms with van der Waals surface area (Å²) in [5, 5.41) is 0.857. The van der Waals surface area contributed by atoms with E-state index in [0.717, 1.165) is 28.5 Å². The molecule has 2 heteroatoms. The van der Waals surface area contributed by atoms with E-state index in [9.17, 15) is 0 Å². The maximum atomic E-state index is 6.33. The van der Waals surface area contributed by atoms with E-state index < -0.39 is 0 Å². The standard InChI is InChI=1S/C15H22ClN/c1-11-6-5-9-13(15(11)16)14(17)10-12-7-3-2-4-8-12/h5-6,9,12,14H,2-4,7-8,10,17H2,1H3. The van der Waals surface area contributed by atoms with Crippen LogP contribution in [0.2, 0.25) is 5.02 Å². The van der Waals surface area contributed by atoms with Gasteiger partial charge in [-0.1, -0.05) is 61.9 Å². The lowest BCUT2D eigenvalue weighted by Gasteiger charge is -2.25. The Morgan fingerprint density at radius 1 is 1.29 bits per heavy atom. The van der Waals surface area contributed by atoms with Gasteiger partial charge in [-0.05, 0) is 30.4 Å². The van der Waals surface area contributed by atoms with Crippen molar-refractivity contribution in [3.63, 3.8) is 0 Å². The van der Waals surface area contributed by atoms with E-state index in [1.807, 2.05) is 13.0 Å². The third-order valence-corrected chi connectivity index (χ3v) is 4.45. The molecule has 0 aliphatic heterocycles. The van der Waals surface area contributed by atoms with Gasteiger partial charge in [-0.15, -0.1) is 0 Å². The number of rotatable bonds is 3. The van der Waals surface area contributed by atoms with Crippen LogP contribution in [0.15, 0.2) is 18.2 Å². The number of aryl methyl sites for hydroxylation is 1. The van der Waals surface area contributed by atoms with Crippen LogP contribution in [0.1, 0.15) is 55.7 Å². The molecule has 0 heterocycles. The first-order valence-corrected chi connectivity index (χ1v) is 7.07. The largest absolute Gasteiger partial charge is 0.324 e. The molecule has 1 nitrogen and oxygen atoms in total. The summed E-state index contributed by atoms with van der Waals surface area (Å²) < 4.78 is 0. The predicted molar refractivity (Wildman–Crippen MR) is 74.3 cm³/mol. The number of benzene rings is 1. The number of hydrogen-bond acceptors (Lipinski definition) is 1. The van der Waals surface area contributed by atoms with Crippen molar-refractivity contribution in [2.75, 3.05) is 0 Å². The Morgan fingerprint density at radius 2 is 2.00 bits per heavy atom. The Hall–Kier alpha value is -0.530. The van der Waals surface area contributed by atoms with Crippen molar-refractivity contribution < 1.29 is 0 Å². The second-order valence-corrected chi connectivity index (χ2v) is 5.70. The Bertz CT molecular complexity index is 369. The summed E-state index contributed by atoms with van der Waals surface area (Å²) >= 11 is 6.33. The molecular weight excluding hydrogens is 230 g/mol. The Morgan fingerprint density at radius 3 is 2.71 bits per heavy atom. The van der Waals surface area contributed by atoms with Gasteiger partial charge in [-0.3, -0.25) is 0 Å². The van der Waals surface area contributed by atoms with Gasteiger partial charge in [0.25, 0.3) is 0 Å². The minimum Gasteiger partial charge on any atom is -0.324 e. The maximum absolute atomic E-state index is 6.33. The maximum Gasteiger partial charge on any atom is 0.0482 e. The van der Waals surface area contributed by atoms with Gasteiger partial charge in [0.05, 0.1) is 0 Å². The third-order valence-electron chi connectivity index (χ3n) is 3.93. The molecule has 0 radical (unpaired) electrons. The summed E-state index contributed by atoms with van der Waals surface area (Å²) in [4.78, 5) is 0. The molecule has 1 aromatic carbocycles. The topological polar surface area (TPSA) is 26.0 Å². The summed E-state index contributed by atoms with van der Waals surface area (Å²) in [6, 6.07) is 6.27. The molecule has 0 spiro atoms. The lowest BCUT2D eigenvalue weighted by Crippen LogP contribution is -2.18. The van der Waals surface area contributed by atoms with Crippen LogP contribution in [0.25, 0.3) is 0 Å². The van der Waals surface area contributed by atoms with Gasteiger partial charge < -0.3 is 5.73 Å². The molecule has 0 amide bonds. The van der Waals surface area contributed by atoms with Gasteiger partial charge in [-0.2, -0.15) is 0 Å². The summed E-state index contributed by atoms with van der Waals surface area (Å²) in [6.45, 7) is 2.04. The normalized spacial score (nSPS) is 19.2. The molecule has 1 aliphatic carbocycles. The second-order valence-electron chi connectivity index (χ2n) is 5.32. The number of hydrogen-bond donors (Lipinski definition) is 1. The van der Waals surface area contributed by atoms with Crippen LogP contribution in [0.5, 0.6) is 0 Å². The molecule has 1 aliphatic rings. The monoisotopic (exact) mass is 251 g/mol. The average Bonchev–Trinajstić information content (AvgIpc) is 2.34. The molecule has 0 aromatic heterocycles. The van der Waals surface area contributed by atoms with Crippen molar-refractivity contribution in [3.05, 3.63) is 34.3 Å². The van der Waals surface area contributed by atoms with Gasteiger partial charge in [0.2, 0.25) is 0 Å². The van der Waals surface area contributed by atoms with Crippen LogP contribution in [-0.2, 0) is 0 Å². The Balaban J connectivity index is 2.03. The Labute approximate surface area is 109 Å². The second kappa shape index (κ2) is 5.88. The highest BCUT2D eigenvalue weighted by atomic mass is 35.5. The van der Waals surface area contributed by atoms with E-state index in [4.69, 9.17) is 17.3 Å². The molecule has 1 fully saturated rings. The fourth-order valence-corrected chi connectivity index (χ4v) is 3.13. The predicted octanol–water partition coefficient (Wildman–Crippen LogP) is 4.62. The molecule has 0 saturated heterocycles. The summed E-state index contributed by atoms with van der Waals surface area (Å²) in [5.41, 5.74) is 8.56. The summed E-state index contributed by atoms with van der Waals surface area (Å²) in [7, 11) is 0. The van der Waals surface area contributed by atoms with Crippen LogP contribution in [0.4, 0.5) is 0 Å². The van der Waals surface area contributed by atoms with Crippen LogP contribution in [-0.4, -0.2) is 0 Å². The molecule has 1 atom stereocenters. The van der Waals surface area contributed by atoms with Gasteiger partial charge in [0, 0.05) is 11.1 Å². The van der Waals surface area contributed by atoms with Gasteiger partial charge >= 0.3 is 0 Å². The zero-order chi connectivity index (χ0) is 12.3. The quantitative estimate of drug-likeness (QED) is 0.834. The molecule has 1 unspecified atom stereocenters. The van der Waals surface area contributed by atoms with E-state index in [0.29, 0.717) is 0 Å². The first-order valence-electron chi connectivity index (χ1n) is 6.69. The zero-order valence-electron chi connectivity index (χ0n) is 10.6. The smallest absolute Gasteiger partial charge is 0.0482 e. The van der Waals surface area contributed by atoms with Crippen LogP contribution in [0, 0.1) is 12.8 Å². The van der Waals surface area contributed by atoms with Crippen molar-refractivity contribution in [1.29, 1.82) is 0 Å². The van der Waals surface area contributed by atoms with Crippen molar-refractivity contribution in [2.45, 2.75) is 51.5 Å². The number of nitrogens with two attached hydrogens (primary N) is 1. The molecular formula is C15H22ClN. The van der Waals surface area contributed by atoms with Gasteiger partial charge in [-0.25, -0.2) is 0 Å². The molecule has 94 valence electrons.